The molecule has 82 valence electrons. The van der Waals surface area contributed by atoms with E-state index >= 15 is 0 Å². The average molecular weight is 311 g/mol. The van der Waals surface area contributed by atoms with Crippen LogP contribution in [0.15, 0.2) is 0 Å². The van der Waals surface area contributed by atoms with Gasteiger partial charge in [0.25, 0.3) is 0 Å². The van der Waals surface area contributed by atoms with Gasteiger partial charge in [-0.05, 0) is 26.7 Å². The van der Waals surface area contributed by atoms with E-state index in [0.717, 1.165) is 25.9 Å². The molecule has 5 heteroatoms. The molecule has 0 saturated carbocycles. The maximum atomic E-state index is 11.4. The minimum Gasteiger partial charge on any atom is -0.336 e. The van der Waals surface area contributed by atoms with Crippen LogP contribution in [0.5, 0.6) is 0 Å². The topological polar surface area (TPSA) is 44.4 Å². The lowest BCUT2D eigenvalue weighted by Crippen LogP contribution is -2.47. The van der Waals surface area contributed by atoms with Crippen LogP contribution in [0, 0.1) is 0 Å². The third-order valence-electron chi connectivity index (χ3n) is 2.20. The Morgan fingerprint density at radius 1 is 1.43 bits per heavy atom. The summed E-state index contributed by atoms with van der Waals surface area (Å²) in [6.45, 7) is 6.06. The minimum atomic E-state index is -0.0353. The molecule has 0 aromatic heterocycles. The Labute approximate surface area is 99.3 Å². The number of hydrogen-bond donors (Lipinski definition) is 2. The van der Waals surface area contributed by atoms with Crippen molar-refractivity contribution in [1.82, 2.24) is 13.7 Å². The molecule has 1 saturated heterocycles. The quantitative estimate of drug-likeness (QED) is 0.600. The van der Waals surface area contributed by atoms with E-state index in [2.05, 4.69) is 36.6 Å². The lowest BCUT2D eigenvalue weighted by molar-refractivity contribution is 0.228. The summed E-state index contributed by atoms with van der Waals surface area (Å²) in [6, 6.07) is 0.520. The number of nitrogens with zero attached hydrogens (tertiary/aromatic N) is 1. The molecule has 4 nitrogen and oxygen atoms in total. The average Bonchev–Trinajstić information content (AvgIpc) is 2.07. The molecule has 0 atom stereocenters. The maximum Gasteiger partial charge on any atom is 0.315 e. The molecule has 0 aromatic carbocycles. The predicted octanol–water partition coefficient (Wildman–Crippen LogP) is 1.51. The molecule has 0 bridgehead atoms. The highest BCUT2D eigenvalue weighted by Crippen LogP contribution is 2.13. The predicted molar refractivity (Wildman–Crippen MR) is 65.4 cm³/mol. The van der Waals surface area contributed by atoms with Gasteiger partial charge in [-0.25, -0.2) is 7.91 Å². The number of halogens is 1. The van der Waals surface area contributed by atoms with Gasteiger partial charge in [0.2, 0.25) is 0 Å². The van der Waals surface area contributed by atoms with E-state index in [4.69, 9.17) is 0 Å². The first-order valence-corrected chi connectivity index (χ1v) is 6.02. The van der Waals surface area contributed by atoms with Crippen LogP contribution in [0.3, 0.4) is 0 Å². The Morgan fingerprint density at radius 2 is 2.00 bits per heavy atom. The molecule has 0 unspecified atom stereocenters. The second-order valence-corrected chi connectivity index (χ2v) is 5.32. The SMILES string of the molecule is CC(C)NC(=O)NC1CCN(I)CC1. The summed E-state index contributed by atoms with van der Waals surface area (Å²) in [6.07, 6.45) is 2.10. The van der Waals surface area contributed by atoms with Gasteiger partial charge in [0, 0.05) is 48.0 Å². The third-order valence-corrected chi connectivity index (χ3v) is 3.16. The standard InChI is InChI=1S/C9H18IN3O/c1-7(2)11-9(14)12-8-3-5-13(10)6-4-8/h7-8H,3-6H2,1-2H3,(H2,11,12,14). The lowest BCUT2D eigenvalue weighted by Gasteiger charge is -2.28. The fourth-order valence-electron chi connectivity index (χ4n) is 1.48. The van der Waals surface area contributed by atoms with Crippen molar-refractivity contribution in [2.45, 2.75) is 38.8 Å². The van der Waals surface area contributed by atoms with E-state index in [9.17, 15) is 4.79 Å². The highest BCUT2D eigenvalue weighted by molar-refractivity contribution is 14.1. The fourth-order valence-corrected chi connectivity index (χ4v) is 2.04. The molecule has 1 aliphatic heterocycles. The van der Waals surface area contributed by atoms with Crippen molar-refractivity contribution in [3.63, 3.8) is 0 Å². The van der Waals surface area contributed by atoms with Crippen molar-refractivity contribution in [1.29, 1.82) is 0 Å². The van der Waals surface area contributed by atoms with Gasteiger partial charge in [0.15, 0.2) is 0 Å². The summed E-state index contributed by atoms with van der Waals surface area (Å²) in [5.74, 6) is 0. The zero-order valence-corrected chi connectivity index (χ0v) is 10.9. The monoisotopic (exact) mass is 311 g/mol. The van der Waals surface area contributed by atoms with E-state index in [1.54, 1.807) is 0 Å². The first-order valence-electron chi connectivity index (χ1n) is 5.05. The number of piperidine rings is 1. The van der Waals surface area contributed by atoms with Crippen LogP contribution in [-0.4, -0.2) is 34.3 Å². The Hall–Kier alpha value is -0.0400. The Bertz CT molecular complexity index is 190. The van der Waals surface area contributed by atoms with Gasteiger partial charge in [-0.3, -0.25) is 0 Å². The summed E-state index contributed by atoms with van der Waals surface area (Å²) in [5, 5.41) is 5.83. The second kappa shape index (κ2) is 5.75. The van der Waals surface area contributed by atoms with Crippen LogP contribution in [0.4, 0.5) is 4.79 Å². The summed E-state index contributed by atoms with van der Waals surface area (Å²) in [5.41, 5.74) is 0. The van der Waals surface area contributed by atoms with Crippen molar-refractivity contribution in [3.05, 3.63) is 0 Å². The van der Waals surface area contributed by atoms with E-state index < -0.39 is 0 Å². The van der Waals surface area contributed by atoms with E-state index in [-0.39, 0.29) is 12.1 Å². The molecule has 0 aromatic rings. The van der Waals surface area contributed by atoms with Crippen molar-refractivity contribution in [2.24, 2.45) is 0 Å². The second-order valence-electron chi connectivity index (χ2n) is 3.96. The van der Waals surface area contributed by atoms with Crippen LogP contribution in [0.2, 0.25) is 0 Å². The molecule has 1 aliphatic rings. The van der Waals surface area contributed by atoms with Gasteiger partial charge in [-0.2, -0.15) is 0 Å². The van der Waals surface area contributed by atoms with Gasteiger partial charge in [0.1, 0.15) is 0 Å². The van der Waals surface area contributed by atoms with E-state index in [0.29, 0.717) is 6.04 Å². The molecule has 0 aliphatic carbocycles. The number of carbonyl (C=O) groups is 1. The van der Waals surface area contributed by atoms with Crippen LogP contribution in [0.25, 0.3) is 0 Å². The largest absolute Gasteiger partial charge is 0.336 e. The van der Waals surface area contributed by atoms with Gasteiger partial charge in [-0.15, -0.1) is 0 Å². The highest BCUT2D eigenvalue weighted by atomic mass is 127. The molecule has 1 heterocycles. The molecule has 14 heavy (non-hydrogen) atoms. The Balaban J connectivity index is 2.20. The Kier molecular flexibility index (Phi) is 4.94. The molecule has 0 spiro atoms. The van der Waals surface area contributed by atoms with Gasteiger partial charge in [-0.1, -0.05) is 0 Å². The van der Waals surface area contributed by atoms with Gasteiger partial charge < -0.3 is 10.6 Å². The van der Waals surface area contributed by atoms with Gasteiger partial charge >= 0.3 is 6.03 Å². The first-order chi connectivity index (χ1) is 6.58. The van der Waals surface area contributed by atoms with Crippen LogP contribution in [0.1, 0.15) is 26.7 Å². The lowest BCUT2D eigenvalue weighted by atomic mass is 10.1. The van der Waals surface area contributed by atoms with Crippen molar-refractivity contribution >= 4 is 28.9 Å². The molecule has 1 rings (SSSR count). The minimum absolute atomic E-state index is 0.0353. The number of amides is 2. The summed E-state index contributed by atoms with van der Waals surface area (Å²) < 4.78 is 2.26. The number of rotatable bonds is 2. The smallest absolute Gasteiger partial charge is 0.315 e. The molecule has 2 N–H and O–H groups in total. The number of urea groups is 1. The number of nitrogens with one attached hydrogen (secondary N) is 2. The fraction of sp³-hybridized carbons (Fsp3) is 0.889. The summed E-state index contributed by atoms with van der Waals surface area (Å²) >= 11 is 2.33. The number of carbonyl (C=O) groups excluding carboxylic acids is 1. The zero-order chi connectivity index (χ0) is 10.6. The van der Waals surface area contributed by atoms with Crippen molar-refractivity contribution in [2.75, 3.05) is 13.1 Å². The molecular formula is C9H18IN3O. The van der Waals surface area contributed by atoms with Crippen LogP contribution >= 0.6 is 22.9 Å². The van der Waals surface area contributed by atoms with Crippen LogP contribution in [-0.2, 0) is 0 Å². The van der Waals surface area contributed by atoms with Crippen molar-refractivity contribution < 1.29 is 4.79 Å². The zero-order valence-electron chi connectivity index (χ0n) is 8.72. The molecule has 0 radical (unpaired) electrons. The van der Waals surface area contributed by atoms with Crippen LogP contribution < -0.4 is 10.6 Å². The maximum absolute atomic E-state index is 11.4. The Morgan fingerprint density at radius 3 is 2.50 bits per heavy atom. The normalized spacial score (nSPS) is 19.7. The van der Waals surface area contributed by atoms with E-state index in [1.165, 1.54) is 0 Å². The highest BCUT2D eigenvalue weighted by Gasteiger charge is 2.18. The first kappa shape index (κ1) is 12.0. The van der Waals surface area contributed by atoms with Gasteiger partial charge in [0.05, 0.1) is 0 Å². The molecule has 2 amide bonds. The number of hydrogen-bond acceptors (Lipinski definition) is 2. The van der Waals surface area contributed by atoms with Crippen molar-refractivity contribution in [3.8, 4) is 0 Å². The summed E-state index contributed by atoms with van der Waals surface area (Å²) in [7, 11) is 0. The summed E-state index contributed by atoms with van der Waals surface area (Å²) in [4.78, 5) is 11.4. The molecular weight excluding hydrogens is 293 g/mol. The third kappa shape index (κ3) is 4.45. The van der Waals surface area contributed by atoms with E-state index in [1.807, 2.05) is 13.8 Å². The molecule has 1 fully saturated rings.